The van der Waals surface area contributed by atoms with Crippen molar-refractivity contribution >= 4 is 10.0 Å². The molecule has 1 aromatic carbocycles. The van der Waals surface area contributed by atoms with Gasteiger partial charge in [0.25, 0.3) is 0 Å². The van der Waals surface area contributed by atoms with E-state index in [1.165, 1.54) is 29.6 Å². The minimum atomic E-state index is -3.77. The monoisotopic (exact) mass is 288 g/mol. The lowest BCUT2D eigenvalue weighted by molar-refractivity contribution is 0.424. The van der Waals surface area contributed by atoms with Gasteiger partial charge in [-0.2, -0.15) is 0 Å². The summed E-state index contributed by atoms with van der Waals surface area (Å²) in [5.41, 5.74) is 5.96. The van der Waals surface area contributed by atoms with E-state index in [2.05, 4.69) is 0 Å². The fourth-order valence-corrected chi connectivity index (χ4v) is 2.84. The number of hydrogen-bond donors (Lipinski definition) is 1. The molecule has 0 saturated heterocycles. The molecule has 0 aliphatic heterocycles. The molecule has 0 fully saturated rings. The van der Waals surface area contributed by atoms with Crippen LogP contribution in [-0.4, -0.2) is 26.3 Å². The van der Waals surface area contributed by atoms with Crippen LogP contribution in [0.15, 0.2) is 23.1 Å². The predicted molar refractivity (Wildman–Crippen MR) is 73.6 cm³/mol. The van der Waals surface area contributed by atoms with Crippen molar-refractivity contribution in [1.29, 1.82) is 0 Å². The molecule has 108 valence electrons. The van der Waals surface area contributed by atoms with E-state index in [0.29, 0.717) is 18.0 Å². The average Bonchev–Trinajstić information content (AvgIpc) is 2.35. The molecule has 2 N–H and O–H groups in total. The summed E-state index contributed by atoms with van der Waals surface area (Å²) >= 11 is 0. The minimum Gasteiger partial charge on any atom is -0.326 e. The van der Waals surface area contributed by atoms with Gasteiger partial charge in [-0.1, -0.05) is 19.9 Å². The van der Waals surface area contributed by atoms with E-state index in [-0.39, 0.29) is 11.4 Å². The van der Waals surface area contributed by atoms with Crippen molar-refractivity contribution in [2.45, 2.75) is 31.7 Å². The molecule has 0 spiro atoms. The molecule has 1 rings (SSSR count). The van der Waals surface area contributed by atoms with Gasteiger partial charge in [-0.15, -0.1) is 0 Å². The van der Waals surface area contributed by atoms with Crippen LogP contribution < -0.4 is 5.73 Å². The van der Waals surface area contributed by atoms with Crippen LogP contribution in [0.1, 0.15) is 25.8 Å². The molecule has 0 saturated carbocycles. The molecule has 0 aliphatic rings. The molecule has 0 amide bonds. The first-order chi connectivity index (χ1) is 8.78. The van der Waals surface area contributed by atoms with E-state index in [9.17, 15) is 12.8 Å². The lowest BCUT2D eigenvalue weighted by Crippen LogP contribution is -2.29. The summed E-state index contributed by atoms with van der Waals surface area (Å²) in [4.78, 5) is -0.295. The van der Waals surface area contributed by atoms with E-state index in [0.717, 1.165) is 6.42 Å². The largest absolute Gasteiger partial charge is 0.326 e. The second kappa shape index (κ2) is 6.45. The Morgan fingerprint density at radius 3 is 2.47 bits per heavy atom. The molecule has 0 unspecified atom stereocenters. The number of benzene rings is 1. The van der Waals surface area contributed by atoms with E-state index in [1.54, 1.807) is 0 Å². The first-order valence-electron chi connectivity index (χ1n) is 6.24. The molecule has 4 nitrogen and oxygen atoms in total. The van der Waals surface area contributed by atoms with Crippen molar-refractivity contribution < 1.29 is 12.8 Å². The molecule has 0 atom stereocenters. The topological polar surface area (TPSA) is 63.4 Å². The van der Waals surface area contributed by atoms with E-state index >= 15 is 0 Å². The number of nitrogens with zero attached hydrogens (tertiary/aromatic N) is 1. The molecule has 0 heterocycles. The third kappa shape index (κ3) is 3.99. The SMILES string of the molecule is CC(C)CCN(C)S(=O)(=O)c1ccc(CN)cc1F. The van der Waals surface area contributed by atoms with Gasteiger partial charge in [0, 0.05) is 20.1 Å². The third-order valence-electron chi connectivity index (χ3n) is 2.94. The zero-order valence-electron chi connectivity index (χ0n) is 11.6. The highest BCUT2D eigenvalue weighted by molar-refractivity contribution is 7.89. The summed E-state index contributed by atoms with van der Waals surface area (Å²) in [5, 5.41) is 0. The molecule has 0 aliphatic carbocycles. The number of halogens is 1. The Morgan fingerprint density at radius 1 is 1.37 bits per heavy atom. The van der Waals surface area contributed by atoms with Crippen molar-refractivity contribution in [3.63, 3.8) is 0 Å². The van der Waals surface area contributed by atoms with Crippen molar-refractivity contribution in [3.8, 4) is 0 Å². The molecule has 0 bridgehead atoms. The fourth-order valence-electron chi connectivity index (χ4n) is 1.61. The van der Waals surface area contributed by atoms with Crippen LogP contribution in [0.5, 0.6) is 0 Å². The van der Waals surface area contributed by atoms with Gasteiger partial charge < -0.3 is 5.73 Å². The standard InChI is InChI=1S/C13H21FN2O2S/c1-10(2)6-7-16(3)19(17,18)13-5-4-11(9-15)8-12(13)14/h4-5,8,10H,6-7,9,15H2,1-3H3. The number of sulfonamides is 1. The quantitative estimate of drug-likeness (QED) is 0.870. The van der Waals surface area contributed by atoms with Gasteiger partial charge in [-0.25, -0.2) is 17.1 Å². The Kier molecular flexibility index (Phi) is 5.46. The molecule has 1 aromatic rings. The number of nitrogens with two attached hydrogens (primary N) is 1. The Bertz CT molecular complexity index is 529. The minimum absolute atomic E-state index is 0.181. The highest BCUT2D eigenvalue weighted by atomic mass is 32.2. The summed E-state index contributed by atoms with van der Waals surface area (Å²) in [5.74, 6) is -0.360. The zero-order valence-corrected chi connectivity index (χ0v) is 12.4. The van der Waals surface area contributed by atoms with Crippen molar-refractivity contribution in [3.05, 3.63) is 29.6 Å². The highest BCUT2D eigenvalue weighted by Crippen LogP contribution is 2.20. The van der Waals surface area contributed by atoms with Crippen molar-refractivity contribution in [1.82, 2.24) is 4.31 Å². The maximum atomic E-state index is 13.8. The first kappa shape index (κ1) is 16.1. The predicted octanol–water partition coefficient (Wildman–Crippen LogP) is 1.95. The van der Waals surface area contributed by atoms with Crippen molar-refractivity contribution in [2.24, 2.45) is 11.7 Å². The van der Waals surface area contributed by atoms with Crippen LogP contribution in [0, 0.1) is 11.7 Å². The second-order valence-corrected chi connectivity index (χ2v) is 6.99. The van der Waals surface area contributed by atoms with Gasteiger partial charge in [0.2, 0.25) is 10.0 Å². The number of hydrogen-bond acceptors (Lipinski definition) is 3. The molecule has 6 heteroatoms. The van der Waals surface area contributed by atoms with Gasteiger partial charge in [0.05, 0.1) is 0 Å². The summed E-state index contributed by atoms with van der Waals surface area (Å²) in [6.45, 7) is 4.58. The Balaban J connectivity index is 2.99. The average molecular weight is 288 g/mol. The molecular formula is C13H21FN2O2S. The maximum Gasteiger partial charge on any atom is 0.245 e. The molecule has 0 radical (unpaired) electrons. The van der Waals surface area contributed by atoms with Crippen LogP contribution in [0.4, 0.5) is 4.39 Å². The summed E-state index contributed by atoms with van der Waals surface area (Å²) in [6.07, 6.45) is 0.734. The highest BCUT2D eigenvalue weighted by Gasteiger charge is 2.24. The van der Waals surface area contributed by atoms with Gasteiger partial charge in [-0.05, 0) is 30.0 Å². The van der Waals surface area contributed by atoms with Crippen LogP contribution in [0.3, 0.4) is 0 Å². The molecule has 0 aromatic heterocycles. The van der Waals surface area contributed by atoms with E-state index in [1.807, 2.05) is 13.8 Å². The normalized spacial score (nSPS) is 12.4. The first-order valence-corrected chi connectivity index (χ1v) is 7.68. The molecule has 19 heavy (non-hydrogen) atoms. The summed E-state index contributed by atoms with van der Waals surface area (Å²) < 4.78 is 39.5. The van der Waals surface area contributed by atoms with Gasteiger partial charge in [0.1, 0.15) is 10.7 Å². The lowest BCUT2D eigenvalue weighted by Gasteiger charge is -2.18. The van der Waals surface area contributed by atoms with Gasteiger partial charge in [0.15, 0.2) is 0 Å². The second-order valence-electron chi connectivity index (χ2n) is 4.98. The van der Waals surface area contributed by atoms with Gasteiger partial charge in [-0.3, -0.25) is 0 Å². The number of rotatable bonds is 6. The smallest absolute Gasteiger partial charge is 0.245 e. The van der Waals surface area contributed by atoms with Crippen LogP contribution in [-0.2, 0) is 16.6 Å². The maximum absolute atomic E-state index is 13.8. The van der Waals surface area contributed by atoms with E-state index < -0.39 is 15.8 Å². The molecular weight excluding hydrogens is 267 g/mol. The van der Waals surface area contributed by atoms with Gasteiger partial charge >= 0.3 is 0 Å². The van der Waals surface area contributed by atoms with Crippen LogP contribution >= 0.6 is 0 Å². The van der Waals surface area contributed by atoms with Crippen LogP contribution in [0.25, 0.3) is 0 Å². The lowest BCUT2D eigenvalue weighted by atomic mass is 10.1. The Hall–Kier alpha value is -0.980. The van der Waals surface area contributed by atoms with Crippen molar-refractivity contribution in [2.75, 3.05) is 13.6 Å². The Labute approximate surface area is 114 Å². The Morgan fingerprint density at radius 2 is 2.00 bits per heavy atom. The fraction of sp³-hybridized carbons (Fsp3) is 0.538. The summed E-state index contributed by atoms with van der Waals surface area (Å²) in [6, 6.07) is 3.98. The zero-order chi connectivity index (χ0) is 14.6. The van der Waals surface area contributed by atoms with Crippen LogP contribution in [0.2, 0.25) is 0 Å². The third-order valence-corrected chi connectivity index (χ3v) is 4.83. The summed E-state index contributed by atoms with van der Waals surface area (Å²) in [7, 11) is -2.31. The van der Waals surface area contributed by atoms with E-state index in [4.69, 9.17) is 5.73 Å².